The smallest absolute Gasteiger partial charge is 0.266 e. The van der Waals surface area contributed by atoms with E-state index in [9.17, 15) is 13.2 Å². The summed E-state index contributed by atoms with van der Waals surface area (Å²) >= 11 is 1.53. The highest BCUT2D eigenvalue weighted by molar-refractivity contribution is 7.89. The first-order valence-corrected chi connectivity index (χ1v) is 9.59. The van der Waals surface area contributed by atoms with Crippen LogP contribution in [-0.2, 0) is 16.6 Å². The molecule has 0 fully saturated rings. The number of nitrogens with zero attached hydrogens (tertiary/aromatic N) is 2. The Morgan fingerprint density at radius 1 is 1.04 bits per heavy atom. The van der Waals surface area contributed by atoms with Crippen molar-refractivity contribution in [2.75, 3.05) is 6.54 Å². The van der Waals surface area contributed by atoms with Gasteiger partial charge >= 0.3 is 0 Å². The second-order valence-electron chi connectivity index (χ2n) is 4.97. The van der Waals surface area contributed by atoms with Crippen molar-refractivity contribution in [1.82, 2.24) is 14.5 Å². The number of sulfonamides is 1. The van der Waals surface area contributed by atoms with Crippen molar-refractivity contribution in [3.63, 3.8) is 0 Å². The van der Waals surface area contributed by atoms with Crippen LogP contribution in [0, 0.1) is 0 Å². The lowest BCUT2D eigenvalue weighted by molar-refractivity contribution is 0.549. The fraction of sp³-hybridized carbons (Fsp3) is 0.125. The summed E-state index contributed by atoms with van der Waals surface area (Å²) in [4.78, 5) is 13.0. The van der Waals surface area contributed by atoms with E-state index in [0.717, 1.165) is 4.88 Å². The van der Waals surface area contributed by atoms with Crippen molar-refractivity contribution < 1.29 is 8.42 Å². The van der Waals surface area contributed by atoms with Gasteiger partial charge in [0.25, 0.3) is 5.56 Å². The molecular formula is C16H15N3O3S2. The number of thiophene rings is 1. The second kappa shape index (κ2) is 7.08. The van der Waals surface area contributed by atoms with E-state index in [1.165, 1.54) is 34.2 Å². The molecule has 0 unspecified atom stereocenters. The molecular weight excluding hydrogens is 346 g/mol. The lowest BCUT2D eigenvalue weighted by Crippen LogP contribution is -2.31. The minimum absolute atomic E-state index is 0.0814. The number of hydrogen-bond donors (Lipinski definition) is 1. The average molecular weight is 361 g/mol. The highest BCUT2D eigenvalue weighted by Crippen LogP contribution is 2.20. The van der Waals surface area contributed by atoms with Crippen LogP contribution < -0.4 is 10.3 Å². The van der Waals surface area contributed by atoms with Gasteiger partial charge in [0.1, 0.15) is 5.69 Å². The van der Waals surface area contributed by atoms with E-state index in [0.29, 0.717) is 5.69 Å². The van der Waals surface area contributed by atoms with E-state index in [1.54, 1.807) is 24.3 Å². The Kier molecular flexibility index (Phi) is 4.89. The number of benzene rings is 1. The zero-order valence-corrected chi connectivity index (χ0v) is 14.3. The maximum Gasteiger partial charge on any atom is 0.266 e. The topological polar surface area (TPSA) is 81.1 Å². The molecule has 0 atom stereocenters. The van der Waals surface area contributed by atoms with Crippen LogP contribution in [0.15, 0.2) is 69.7 Å². The third kappa shape index (κ3) is 3.78. The average Bonchev–Trinajstić information content (AvgIpc) is 3.12. The third-order valence-electron chi connectivity index (χ3n) is 3.31. The standard InChI is InChI=1S/C16H15N3O3S2/c20-16-9-8-14(15-7-4-12-23-15)18-19(16)11-10-17-24(21,22)13-5-2-1-3-6-13/h1-9,12,17H,10-11H2. The fourth-order valence-electron chi connectivity index (χ4n) is 2.13. The van der Waals surface area contributed by atoms with Crippen molar-refractivity contribution in [1.29, 1.82) is 0 Å². The number of rotatable bonds is 6. The molecule has 3 rings (SSSR count). The van der Waals surface area contributed by atoms with Gasteiger partial charge in [0, 0.05) is 12.6 Å². The SMILES string of the molecule is O=c1ccc(-c2cccs2)nn1CCNS(=O)(=O)c1ccccc1. The molecule has 0 aliphatic heterocycles. The molecule has 0 saturated heterocycles. The van der Waals surface area contributed by atoms with Crippen LogP contribution in [0.1, 0.15) is 0 Å². The molecule has 0 aliphatic carbocycles. The monoisotopic (exact) mass is 361 g/mol. The minimum Gasteiger partial charge on any atom is -0.268 e. The van der Waals surface area contributed by atoms with E-state index in [4.69, 9.17) is 0 Å². The van der Waals surface area contributed by atoms with Crippen LogP contribution in [-0.4, -0.2) is 24.7 Å². The van der Waals surface area contributed by atoms with Crippen LogP contribution >= 0.6 is 11.3 Å². The van der Waals surface area contributed by atoms with Crippen molar-refractivity contribution in [2.24, 2.45) is 0 Å². The molecule has 1 aromatic carbocycles. The maximum absolute atomic E-state index is 12.1. The van der Waals surface area contributed by atoms with Gasteiger partial charge in [-0.2, -0.15) is 5.10 Å². The predicted octanol–water partition coefficient (Wildman–Crippen LogP) is 1.95. The van der Waals surface area contributed by atoms with Crippen LogP contribution in [0.2, 0.25) is 0 Å². The molecule has 0 amide bonds. The maximum atomic E-state index is 12.1. The largest absolute Gasteiger partial charge is 0.268 e. The molecule has 3 aromatic rings. The molecule has 0 aliphatic rings. The zero-order valence-electron chi connectivity index (χ0n) is 12.6. The normalized spacial score (nSPS) is 11.5. The minimum atomic E-state index is -3.59. The van der Waals surface area contributed by atoms with E-state index < -0.39 is 10.0 Å². The Bertz CT molecular complexity index is 965. The van der Waals surface area contributed by atoms with Gasteiger partial charge in [-0.15, -0.1) is 11.3 Å². The molecule has 0 spiro atoms. The zero-order chi connectivity index (χ0) is 17.0. The van der Waals surface area contributed by atoms with Gasteiger partial charge in [0.2, 0.25) is 10.0 Å². The molecule has 6 nitrogen and oxygen atoms in total. The molecule has 8 heteroatoms. The Hall–Kier alpha value is -2.29. The van der Waals surface area contributed by atoms with Gasteiger partial charge in [0.05, 0.1) is 16.3 Å². The van der Waals surface area contributed by atoms with Crippen molar-refractivity contribution in [2.45, 2.75) is 11.4 Å². The lowest BCUT2D eigenvalue weighted by atomic mass is 10.3. The summed E-state index contributed by atoms with van der Waals surface area (Å²) in [7, 11) is -3.59. The van der Waals surface area contributed by atoms with E-state index >= 15 is 0 Å². The second-order valence-corrected chi connectivity index (χ2v) is 7.68. The summed E-state index contributed by atoms with van der Waals surface area (Å²) in [6, 6.07) is 15.0. The van der Waals surface area contributed by atoms with Gasteiger partial charge in [-0.3, -0.25) is 4.79 Å². The summed E-state index contributed by atoms with van der Waals surface area (Å²) in [5.74, 6) is 0. The number of nitrogens with one attached hydrogen (secondary N) is 1. The Balaban J connectivity index is 1.71. The van der Waals surface area contributed by atoms with Crippen molar-refractivity contribution in [3.8, 4) is 10.6 Å². The van der Waals surface area contributed by atoms with Gasteiger partial charge in [-0.25, -0.2) is 17.8 Å². The van der Waals surface area contributed by atoms with Gasteiger partial charge in [-0.1, -0.05) is 24.3 Å². The van der Waals surface area contributed by atoms with Crippen LogP contribution in [0.25, 0.3) is 10.6 Å². The summed E-state index contributed by atoms with van der Waals surface area (Å²) in [5.41, 5.74) is 0.421. The van der Waals surface area contributed by atoms with Crippen LogP contribution in [0.3, 0.4) is 0 Å². The number of hydrogen-bond acceptors (Lipinski definition) is 5. The first-order valence-electron chi connectivity index (χ1n) is 7.23. The lowest BCUT2D eigenvalue weighted by Gasteiger charge is -2.08. The summed E-state index contributed by atoms with van der Waals surface area (Å²) < 4.78 is 28.0. The van der Waals surface area contributed by atoms with Crippen molar-refractivity contribution in [3.05, 3.63) is 70.3 Å². The van der Waals surface area contributed by atoms with E-state index in [2.05, 4.69) is 9.82 Å². The molecule has 124 valence electrons. The van der Waals surface area contributed by atoms with Gasteiger partial charge in [-0.05, 0) is 29.6 Å². The van der Waals surface area contributed by atoms with E-state index in [-0.39, 0.29) is 23.5 Å². The highest BCUT2D eigenvalue weighted by atomic mass is 32.2. The number of aromatic nitrogens is 2. The Morgan fingerprint density at radius 2 is 1.83 bits per heavy atom. The molecule has 0 radical (unpaired) electrons. The fourth-order valence-corrected chi connectivity index (χ4v) is 3.87. The molecule has 0 saturated carbocycles. The summed E-state index contributed by atoms with van der Waals surface area (Å²) in [6.07, 6.45) is 0. The first-order chi connectivity index (χ1) is 11.6. The quantitative estimate of drug-likeness (QED) is 0.728. The third-order valence-corrected chi connectivity index (χ3v) is 5.68. The molecule has 2 aromatic heterocycles. The van der Waals surface area contributed by atoms with Crippen LogP contribution in [0.4, 0.5) is 0 Å². The predicted molar refractivity (Wildman–Crippen MR) is 93.4 cm³/mol. The molecule has 1 N–H and O–H groups in total. The van der Waals surface area contributed by atoms with Gasteiger partial charge < -0.3 is 0 Å². The molecule has 24 heavy (non-hydrogen) atoms. The van der Waals surface area contributed by atoms with Crippen LogP contribution in [0.5, 0.6) is 0 Å². The molecule has 0 bridgehead atoms. The van der Waals surface area contributed by atoms with Gasteiger partial charge in [0.15, 0.2) is 0 Å². The summed E-state index contributed by atoms with van der Waals surface area (Å²) in [5, 5.41) is 6.22. The Morgan fingerprint density at radius 3 is 2.54 bits per heavy atom. The first kappa shape index (κ1) is 16.6. The Labute approximate surface area is 143 Å². The van der Waals surface area contributed by atoms with Crippen molar-refractivity contribution >= 4 is 21.4 Å². The summed E-state index contributed by atoms with van der Waals surface area (Å²) in [6.45, 7) is 0.238. The van der Waals surface area contributed by atoms with E-state index in [1.807, 2.05) is 17.5 Å². The molecule has 2 heterocycles. The highest BCUT2D eigenvalue weighted by Gasteiger charge is 2.12.